The fraction of sp³-hybridized carbons (Fsp3) is 0.400. The quantitative estimate of drug-likeness (QED) is 0.310. The number of amides is 1. The highest BCUT2D eigenvalue weighted by molar-refractivity contribution is 9.10. The second kappa shape index (κ2) is 13.7. The maximum Gasteiger partial charge on any atom is 0.416 e. The zero-order valence-electron chi connectivity index (χ0n) is 24.6. The molecule has 1 aliphatic rings. The summed E-state index contributed by atoms with van der Waals surface area (Å²) in [7, 11) is -3.35. The molecule has 45 heavy (non-hydrogen) atoms. The molecule has 0 radical (unpaired) electrons. The first-order valence-electron chi connectivity index (χ1n) is 13.9. The molecule has 240 valence electrons. The third-order valence-electron chi connectivity index (χ3n) is 7.29. The number of fused-ring (bicyclic) bond motifs is 1. The SMILES string of the molecule is CCOC(=O)N1c2ccc(C(F)(F)F)cc2C(c2ncc(OCCS(C)(=O)=O)c(Cc3cc(Br)cc(C#N)c3)n2)C(N)C1CC. The van der Waals surface area contributed by atoms with Crippen molar-refractivity contribution in [3.05, 3.63) is 80.8 Å². The lowest BCUT2D eigenvalue weighted by Gasteiger charge is -2.43. The number of nitrogens with zero attached hydrogens (tertiary/aromatic N) is 4. The molecule has 2 aromatic carbocycles. The highest BCUT2D eigenvalue weighted by Gasteiger charge is 2.45. The van der Waals surface area contributed by atoms with Gasteiger partial charge in [0.05, 0.1) is 59.1 Å². The number of nitrogens with two attached hydrogens (primary N) is 1. The van der Waals surface area contributed by atoms with Gasteiger partial charge in [-0.15, -0.1) is 0 Å². The van der Waals surface area contributed by atoms with Gasteiger partial charge in [0.15, 0.2) is 15.6 Å². The number of ether oxygens (including phenoxy) is 2. The van der Waals surface area contributed by atoms with Gasteiger partial charge in [-0.1, -0.05) is 22.9 Å². The summed E-state index contributed by atoms with van der Waals surface area (Å²) in [6.07, 6.45) is -2.54. The van der Waals surface area contributed by atoms with Crippen LogP contribution in [0.4, 0.5) is 23.7 Å². The van der Waals surface area contributed by atoms with Gasteiger partial charge in [-0.2, -0.15) is 18.4 Å². The Balaban J connectivity index is 1.89. The Morgan fingerprint density at radius 2 is 1.93 bits per heavy atom. The number of aromatic nitrogens is 2. The molecule has 2 heterocycles. The van der Waals surface area contributed by atoms with E-state index in [1.54, 1.807) is 32.0 Å². The van der Waals surface area contributed by atoms with E-state index in [4.69, 9.17) is 20.2 Å². The van der Waals surface area contributed by atoms with Crippen LogP contribution in [0.1, 0.15) is 60.0 Å². The molecule has 3 unspecified atom stereocenters. The van der Waals surface area contributed by atoms with Crippen molar-refractivity contribution in [3.63, 3.8) is 0 Å². The number of hydrogen-bond donors (Lipinski definition) is 1. The smallest absolute Gasteiger partial charge is 0.416 e. The molecule has 0 saturated heterocycles. The minimum atomic E-state index is -4.68. The molecule has 0 bridgehead atoms. The number of anilines is 1. The van der Waals surface area contributed by atoms with E-state index in [-0.39, 0.29) is 48.2 Å². The third-order valence-corrected chi connectivity index (χ3v) is 8.66. The van der Waals surface area contributed by atoms with E-state index in [1.807, 2.05) is 0 Å². The topological polar surface area (TPSA) is 148 Å². The van der Waals surface area contributed by atoms with Crippen LogP contribution >= 0.6 is 15.9 Å². The first-order chi connectivity index (χ1) is 21.2. The summed E-state index contributed by atoms with van der Waals surface area (Å²) in [6.45, 7) is 3.29. The molecule has 0 fully saturated rings. The van der Waals surface area contributed by atoms with E-state index in [2.05, 4.69) is 27.0 Å². The van der Waals surface area contributed by atoms with Crippen molar-refractivity contribution >= 4 is 37.5 Å². The molecular weight excluding hydrogens is 679 g/mol. The van der Waals surface area contributed by atoms with Gasteiger partial charge in [-0.05, 0) is 60.9 Å². The van der Waals surface area contributed by atoms with Crippen molar-refractivity contribution in [2.75, 3.05) is 30.1 Å². The predicted octanol–water partition coefficient (Wildman–Crippen LogP) is 5.36. The fourth-order valence-corrected chi connectivity index (χ4v) is 6.23. The number of sulfone groups is 1. The Kier molecular flexibility index (Phi) is 10.4. The van der Waals surface area contributed by atoms with E-state index in [9.17, 15) is 31.6 Å². The van der Waals surface area contributed by atoms with Crippen LogP contribution in [0.5, 0.6) is 5.75 Å². The Hall–Kier alpha value is -3.74. The molecule has 0 spiro atoms. The summed E-state index contributed by atoms with van der Waals surface area (Å²) in [5, 5.41) is 9.45. The Morgan fingerprint density at radius 3 is 2.56 bits per heavy atom. The van der Waals surface area contributed by atoms with E-state index in [0.29, 0.717) is 27.7 Å². The van der Waals surface area contributed by atoms with E-state index in [0.717, 1.165) is 18.4 Å². The lowest BCUT2D eigenvalue weighted by atomic mass is 9.79. The van der Waals surface area contributed by atoms with Crippen LogP contribution < -0.4 is 15.4 Å². The van der Waals surface area contributed by atoms with Crippen LogP contribution in [0, 0.1) is 11.3 Å². The molecule has 15 heteroatoms. The molecule has 3 aromatic rings. The molecular formula is C30H31BrF3N5O5S. The molecule has 4 rings (SSSR count). The van der Waals surface area contributed by atoms with Crippen LogP contribution in [0.15, 0.2) is 47.1 Å². The molecule has 3 atom stereocenters. The van der Waals surface area contributed by atoms with Gasteiger partial charge in [0, 0.05) is 23.2 Å². The largest absolute Gasteiger partial charge is 0.489 e. The number of nitriles is 1. The normalized spacial score (nSPS) is 18.2. The van der Waals surface area contributed by atoms with Crippen molar-refractivity contribution in [3.8, 4) is 11.8 Å². The van der Waals surface area contributed by atoms with Gasteiger partial charge in [-0.3, -0.25) is 4.90 Å². The van der Waals surface area contributed by atoms with Gasteiger partial charge in [0.25, 0.3) is 0 Å². The van der Waals surface area contributed by atoms with Gasteiger partial charge in [0.1, 0.15) is 12.4 Å². The molecule has 0 saturated carbocycles. The van der Waals surface area contributed by atoms with Crippen molar-refractivity contribution in [2.24, 2.45) is 5.73 Å². The summed E-state index contributed by atoms with van der Waals surface area (Å²) < 4.78 is 76.8. The lowest BCUT2D eigenvalue weighted by molar-refractivity contribution is -0.137. The standard InChI is InChI=1S/C30H31BrF3N5O5S/c1-4-23-27(36)26(21-14-19(30(32,33)34)6-7-24(21)39(23)29(40)43-5-2)28-37-16-25(44-8-9-45(3,41)42)22(38-28)13-17-10-18(15-35)12-20(31)11-17/h6-7,10-12,14,16,23,26-27H,4-5,8-9,13,36H2,1-3H3. The number of benzene rings is 2. The second-order valence-electron chi connectivity index (χ2n) is 10.5. The van der Waals surface area contributed by atoms with Crippen molar-refractivity contribution in [1.29, 1.82) is 5.26 Å². The Bertz CT molecular complexity index is 1730. The van der Waals surface area contributed by atoms with Crippen LogP contribution in [-0.4, -0.2) is 61.8 Å². The lowest BCUT2D eigenvalue weighted by Crippen LogP contribution is -2.57. The summed E-state index contributed by atoms with van der Waals surface area (Å²) in [6, 6.07) is 8.60. The molecule has 10 nitrogen and oxygen atoms in total. The Labute approximate surface area is 267 Å². The highest BCUT2D eigenvalue weighted by Crippen LogP contribution is 2.44. The zero-order chi connectivity index (χ0) is 33.1. The number of rotatable bonds is 9. The number of hydrogen-bond acceptors (Lipinski definition) is 9. The first-order valence-corrected chi connectivity index (χ1v) is 16.8. The maximum absolute atomic E-state index is 13.9. The maximum atomic E-state index is 13.9. The molecule has 2 N–H and O–H groups in total. The highest BCUT2D eigenvalue weighted by atomic mass is 79.9. The Morgan fingerprint density at radius 1 is 1.20 bits per heavy atom. The monoisotopic (exact) mass is 709 g/mol. The summed E-state index contributed by atoms with van der Waals surface area (Å²) >= 11 is 3.39. The number of halogens is 4. The van der Waals surface area contributed by atoms with Crippen LogP contribution in [0.2, 0.25) is 0 Å². The van der Waals surface area contributed by atoms with Gasteiger partial charge in [0.2, 0.25) is 0 Å². The average molecular weight is 711 g/mol. The third kappa shape index (κ3) is 7.92. The first kappa shape index (κ1) is 34.1. The van der Waals surface area contributed by atoms with Crippen molar-refractivity contribution < 1.29 is 35.9 Å². The van der Waals surface area contributed by atoms with Crippen molar-refractivity contribution in [1.82, 2.24) is 9.97 Å². The molecule has 1 aromatic heterocycles. The number of alkyl halides is 3. The van der Waals surface area contributed by atoms with Crippen LogP contribution in [0.25, 0.3) is 0 Å². The van der Waals surface area contributed by atoms with Crippen LogP contribution in [0.3, 0.4) is 0 Å². The minimum absolute atomic E-state index is 0.0524. The van der Waals surface area contributed by atoms with E-state index < -0.39 is 45.7 Å². The fourth-order valence-electron chi connectivity index (χ4n) is 5.30. The van der Waals surface area contributed by atoms with E-state index >= 15 is 0 Å². The van der Waals surface area contributed by atoms with Gasteiger partial charge < -0.3 is 15.2 Å². The summed E-state index contributed by atoms with van der Waals surface area (Å²) in [5.74, 6) is -0.994. The van der Waals surface area contributed by atoms with E-state index in [1.165, 1.54) is 17.2 Å². The molecule has 1 aliphatic heterocycles. The second-order valence-corrected chi connectivity index (χ2v) is 13.7. The number of carbonyl (C=O) groups excluding carboxylic acids is 1. The van der Waals surface area contributed by atoms with Gasteiger partial charge >= 0.3 is 12.3 Å². The van der Waals surface area contributed by atoms with Gasteiger partial charge in [-0.25, -0.2) is 23.2 Å². The number of carbonyl (C=O) groups is 1. The molecule has 1 amide bonds. The predicted molar refractivity (Wildman–Crippen MR) is 164 cm³/mol. The van der Waals surface area contributed by atoms with Crippen molar-refractivity contribution in [2.45, 2.75) is 50.9 Å². The summed E-state index contributed by atoms with van der Waals surface area (Å²) in [5.41, 5.74) is 7.44. The molecule has 0 aliphatic carbocycles. The minimum Gasteiger partial charge on any atom is -0.489 e. The van der Waals surface area contributed by atoms with Crippen LogP contribution in [-0.2, 0) is 27.2 Å². The summed E-state index contributed by atoms with van der Waals surface area (Å²) in [4.78, 5) is 23.5. The zero-order valence-corrected chi connectivity index (χ0v) is 27.0. The average Bonchev–Trinajstić information content (AvgIpc) is 2.95.